The van der Waals surface area contributed by atoms with Gasteiger partial charge in [0.15, 0.2) is 0 Å². The van der Waals surface area contributed by atoms with Crippen LogP contribution in [0.15, 0.2) is 25.3 Å². The summed E-state index contributed by atoms with van der Waals surface area (Å²) in [6, 6.07) is 0. The van der Waals surface area contributed by atoms with Crippen LogP contribution in [0.4, 0.5) is 0 Å². The Kier molecular flexibility index (Phi) is 604. The van der Waals surface area contributed by atoms with Gasteiger partial charge in [-0.1, -0.05) is 0 Å². The molecule has 0 aliphatic carbocycles. The number of nitrogens with zero attached hydrogens (tertiary/aromatic N) is 1. The van der Waals surface area contributed by atoms with Crippen molar-refractivity contribution in [2.24, 2.45) is 0 Å². The summed E-state index contributed by atoms with van der Waals surface area (Å²) in [7, 11) is 0. The van der Waals surface area contributed by atoms with Gasteiger partial charge in [0.25, 0.3) is 0 Å². The van der Waals surface area contributed by atoms with Gasteiger partial charge in [-0.3, -0.25) is 0 Å². The summed E-state index contributed by atoms with van der Waals surface area (Å²) in [5, 5.41) is 6.25. The molecule has 0 spiro atoms. The Labute approximate surface area is 105 Å². The van der Waals surface area contributed by atoms with Crippen molar-refractivity contribution in [3.63, 3.8) is 0 Å². The molecule has 0 N–H and O–H groups in total. The normalized spacial score (nSPS) is 2.36. The van der Waals surface area contributed by atoms with Crippen LogP contribution in [0.3, 0.4) is 0 Å². The van der Waals surface area contributed by atoms with Crippen LogP contribution >= 0.6 is 0 Å². The van der Waals surface area contributed by atoms with E-state index in [2.05, 4.69) is 27.0 Å². The molecule has 0 saturated heterocycles. The molecule has 0 bridgehead atoms. The van der Waals surface area contributed by atoms with Crippen LogP contribution in [0.25, 0.3) is 0 Å². The van der Waals surface area contributed by atoms with Crippen LogP contribution < -0.4 is 37.7 Å². The van der Waals surface area contributed by atoms with Gasteiger partial charge in [-0.15, -0.1) is 0 Å². The first kappa shape index (κ1) is 42.2. The molecule has 0 radical (unpaired) electrons. The smallest absolute Gasteiger partial charge is 0.512 e. The van der Waals surface area contributed by atoms with Gasteiger partial charge in [0.2, 0.25) is 0 Å². The third-order valence-electron chi connectivity index (χ3n) is 0. The molecule has 0 rings (SSSR count). The van der Waals surface area contributed by atoms with Crippen LogP contribution in [-0.4, -0.2) is 0 Å². The number of allylic oxidation sites excluding steroid dienone is 2. The summed E-state index contributed by atoms with van der Waals surface area (Å²) in [6.45, 7) is 17.8. The molecule has 0 atom stereocenters. The van der Waals surface area contributed by atoms with Crippen LogP contribution in [0.1, 0.15) is 0 Å². The third kappa shape index (κ3) is 4110. The number of hydrogen-bond donors (Lipinski definition) is 0. The Hall–Kier alpha value is 0.424. The molecule has 0 heterocycles. The van der Waals surface area contributed by atoms with E-state index < -0.39 is 0 Å². The number of hydrogen-bond acceptors (Lipinski definition) is 1. The Morgan fingerprint density at radius 1 is 1.00 bits per heavy atom. The molecule has 0 aromatic heterocycles. The largest absolute Gasteiger partial charge is 1.00 e. The van der Waals surface area contributed by atoms with E-state index in [9.17, 15) is 0 Å². The maximum absolute atomic E-state index is 6.25. The molecule has 1 nitrogen and oxygen atoms in total. The topological polar surface area (TPSA) is 23.8 Å². The predicted molar refractivity (Wildman–Crippen MR) is 36.1 cm³/mol. The second kappa shape index (κ2) is 158. The van der Waals surface area contributed by atoms with Gasteiger partial charge >= 0.3 is 54.8 Å². The van der Waals surface area contributed by atoms with Crippen molar-refractivity contribution in [3.8, 4) is 0 Å². The van der Waals surface area contributed by atoms with Gasteiger partial charge < -0.3 is 11.8 Å². The molecule has 0 fully saturated rings. The zero-order valence-electron chi connectivity index (χ0n) is 7.23. The average molecular weight is 186 g/mol. The van der Waals surface area contributed by atoms with E-state index in [0.717, 1.165) is 0 Å². The first-order valence-electron chi connectivity index (χ1n) is 1.86. The molecular formula is C7H10CuLi2N. The van der Waals surface area contributed by atoms with E-state index in [1.807, 2.05) is 0 Å². The number of rotatable bonds is 0. The third-order valence-corrected chi connectivity index (χ3v) is 0. The van der Waals surface area contributed by atoms with E-state index >= 15 is 0 Å². The van der Waals surface area contributed by atoms with Crippen molar-refractivity contribution in [2.75, 3.05) is 0 Å². The SMILES string of the molecule is C=C[CH2-].C=C[CH2-].[C-]#N.[Cu+].[Li+].[Li+]. The van der Waals surface area contributed by atoms with Crippen LogP contribution in [0.2, 0.25) is 0 Å². The zero-order chi connectivity index (χ0) is 7.41. The van der Waals surface area contributed by atoms with E-state index in [1.165, 1.54) is 12.2 Å². The molecule has 11 heavy (non-hydrogen) atoms. The molecule has 56 valence electrons. The Bertz CT molecular complexity index is 58.7. The maximum Gasteiger partial charge on any atom is 1.00 e. The molecular weight excluding hydrogens is 176 g/mol. The predicted octanol–water partition coefficient (Wildman–Crippen LogP) is -3.89. The molecule has 0 unspecified atom stereocenters. The van der Waals surface area contributed by atoms with Gasteiger partial charge in [0.05, 0.1) is 0 Å². The van der Waals surface area contributed by atoms with Gasteiger partial charge in [-0.2, -0.15) is 0 Å². The Balaban J connectivity index is -0.00000000764. The molecule has 0 aromatic carbocycles. The van der Waals surface area contributed by atoms with E-state index in [1.54, 1.807) is 0 Å². The van der Waals surface area contributed by atoms with Gasteiger partial charge in [0.1, 0.15) is 0 Å². The standard InChI is InChI=1S/2C3H5.CN.Cu.2Li/c2*1-3-2;1-2;;;/h2*3H,1-2H2;;;;/q3*-1;3*+1. The summed E-state index contributed by atoms with van der Waals surface area (Å²) in [6.07, 6.45) is 3.00. The average Bonchev–Trinajstić information content (AvgIpc) is 1.75. The minimum absolute atomic E-state index is 0. The minimum Gasteiger partial charge on any atom is -0.512 e. The van der Waals surface area contributed by atoms with Crippen molar-refractivity contribution in [1.29, 1.82) is 5.26 Å². The fourth-order valence-corrected chi connectivity index (χ4v) is 0. The van der Waals surface area contributed by atoms with E-state index in [4.69, 9.17) is 11.8 Å². The van der Waals surface area contributed by atoms with Crippen molar-refractivity contribution >= 4 is 0 Å². The first-order valence-corrected chi connectivity index (χ1v) is 1.86. The summed E-state index contributed by atoms with van der Waals surface area (Å²) >= 11 is 0. The van der Waals surface area contributed by atoms with Gasteiger partial charge in [-0.05, 0) is 0 Å². The summed E-state index contributed by atoms with van der Waals surface area (Å²) in [5.41, 5.74) is 0. The summed E-state index contributed by atoms with van der Waals surface area (Å²) < 4.78 is 0. The molecule has 0 aliphatic heterocycles. The van der Waals surface area contributed by atoms with Crippen molar-refractivity contribution in [2.45, 2.75) is 0 Å². The second-order valence-corrected chi connectivity index (χ2v) is 0.577. The monoisotopic (exact) mass is 185 g/mol. The maximum atomic E-state index is 6.25. The van der Waals surface area contributed by atoms with E-state index in [0.29, 0.717) is 0 Å². The van der Waals surface area contributed by atoms with Gasteiger partial charge in [0, 0.05) is 0 Å². The molecule has 0 amide bonds. The summed E-state index contributed by atoms with van der Waals surface area (Å²) in [4.78, 5) is 0. The fraction of sp³-hybridized carbons (Fsp3) is 0. The van der Waals surface area contributed by atoms with Crippen molar-refractivity contribution < 1.29 is 54.8 Å². The second-order valence-electron chi connectivity index (χ2n) is 0.577. The van der Waals surface area contributed by atoms with Gasteiger partial charge in [-0.25, -0.2) is 39.2 Å². The fourth-order valence-electron chi connectivity index (χ4n) is 0. The Morgan fingerprint density at radius 2 is 1.00 bits per heavy atom. The zero-order valence-corrected chi connectivity index (χ0v) is 8.17. The molecule has 0 aromatic rings. The Morgan fingerprint density at radius 3 is 1.00 bits per heavy atom. The van der Waals surface area contributed by atoms with E-state index in [-0.39, 0.29) is 54.8 Å². The molecule has 0 saturated carbocycles. The van der Waals surface area contributed by atoms with Crippen molar-refractivity contribution in [1.82, 2.24) is 0 Å². The quantitative estimate of drug-likeness (QED) is 0.280. The van der Waals surface area contributed by atoms with Crippen LogP contribution in [-0.2, 0) is 17.1 Å². The molecule has 0 aliphatic rings. The van der Waals surface area contributed by atoms with Crippen LogP contribution in [0.5, 0.6) is 0 Å². The van der Waals surface area contributed by atoms with Crippen LogP contribution in [0, 0.1) is 25.7 Å². The molecule has 4 heteroatoms. The first-order chi connectivity index (χ1) is 3.83. The minimum atomic E-state index is 0. The summed E-state index contributed by atoms with van der Waals surface area (Å²) in [5.74, 6) is 0. The van der Waals surface area contributed by atoms with Crippen molar-refractivity contribution in [3.05, 3.63) is 45.7 Å².